The molecule has 4 nitrogen and oxygen atoms in total. The van der Waals surface area contributed by atoms with Crippen LogP contribution < -0.4 is 15.6 Å². The summed E-state index contributed by atoms with van der Waals surface area (Å²) in [6, 6.07) is 19.9. The summed E-state index contributed by atoms with van der Waals surface area (Å²) in [4.78, 5) is 2.18. The average molecular weight is 619 g/mol. The number of benzene rings is 3. The number of fused-ring (bicyclic) bond motifs is 1. The number of nitrogens with one attached hydrogen (secondary N) is 2. The van der Waals surface area contributed by atoms with Gasteiger partial charge in [0.25, 0.3) is 0 Å². The summed E-state index contributed by atoms with van der Waals surface area (Å²) in [5.74, 6) is 0.136. The lowest BCUT2D eigenvalue weighted by Gasteiger charge is -2.31. The molecule has 10 heteroatoms. The van der Waals surface area contributed by atoms with E-state index in [4.69, 9.17) is 0 Å². The first-order chi connectivity index (χ1) is 20.8. The van der Waals surface area contributed by atoms with Gasteiger partial charge in [-0.1, -0.05) is 69.0 Å². The Morgan fingerprint density at radius 3 is 2.23 bits per heavy atom. The molecule has 1 aliphatic rings. The number of hydrazone groups is 1. The molecule has 0 fully saturated rings. The molecule has 0 saturated carbocycles. The Morgan fingerprint density at radius 2 is 1.64 bits per heavy atom. The van der Waals surface area contributed by atoms with Crippen LogP contribution in [0.4, 0.5) is 37.7 Å². The number of hydrogen-bond acceptors (Lipinski definition) is 4. The average Bonchev–Trinajstić information content (AvgIpc) is 2.98. The maximum absolute atomic E-state index is 13.2. The van der Waals surface area contributed by atoms with Gasteiger partial charge < -0.3 is 10.2 Å². The summed E-state index contributed by atoms with van der Waals surface area (Å²) in [6.07, 6.45) is -3.00. The number of aryl methyl sites for hydroxylation is 2. The van der Waals surface area contributed by atoms with E-state index in [-0.39, 0.29) is 14.4 Å². The van der Waals surface area contributed by atoms with Crippen molar-refractivity contribution in [1.29, 1.82) is 0 Å². The van der Waals surface area contributed by atoms with Crippen LogP contribution in [-0.2, 0) is 12.6 Å². The number of para-hydroxylation sites is 1. The minimum atomic E-state index is -4.47. The number of allylic oxidation sites excluding steroid dienone is 2. The van der Waals surface area contributed by atoms with Gasteiger partial charge in [-0.25, -0.2) is 0 Å². The van der Waals surface area contributed by atoms with E-state index >= 15 is 0 Å². The van der Waals surface area contributed by atoms with E-state index in [0.29, 0.717) is 0 Å². The molecule has 1 aliphatic carbocycles. The van der Waals surface area contributed by atoms with Crippen LogP contribution in [0, 0.1) is 6.92 Å². The lowest BCUT2D eigenvalue weighted by molar-refractivity contribution is -0.137. The van der Waals surface area contributed by atoms with Gasteiger partial charge in [0, 0.05) is 26.9 Å². The van der Waals surface area contributed by atoms with E-state index in [1.807, 2.05) is 12.3 Å². The van der Waals surface area contributed by atoms with Crippen molar-refractivity contribution < 1.29 is 29.2 Å². The van der Waals surface area contributed by atoms with E-state index in [1.54, 1.807) is 6.21 Å². The summed E-state index contributed by atoms with van der Waals surface area (Å²) in [6.45, 7) is 13.1. The molecule has 4 rings (SSSR count). The summed E-state index contributed by atoms with van der Waals surface area (Å²) >= 11 is 0. The van der Waals surface area contributed by atoms with Gasteiger partial charge in [0.15, 0.2) is 0 Å². The highest BCUT2D eigenvalue weighted by Crippen LogP contribution is 2.38. The largest absolute Gasteiger partial charge is 0.418 e. The highest BCUT2D eigenvalue weighted by Gasteiger charge is 2.33. The van der Waals surface area contributed by atoms with E-state index in [9.17, 15) is 26.3 Å². The number of anilines is 2. The fourth-order valence-electron chi connectivity index (χ4n) is 4.71. The van der Waals surface area contributed by atoms with Gasteiger partial charge in [0.2, 0.25) is 0 Å². The van der Waals surface area contributed by atoms with Crippen LogP contribution in [0.2, 0.25) is 0 Å². The summed E-state index contributed by atoms with van der Waals surface area (Å²) in [5.41, 5.74) is 10.0. The van der Waals surface area contributed by atoms with Gasteiger partial charge in [0.05, 0.1) is 17.5 Å². The first kappa shape index (κ1) is 34.0. The second-order valence-electron chi connectivity index (χ2n) is 10.1. The third kappa shape index (κ3) is 9.26. The summed E-state index contributed by atoms with van der Waals surface area (Å²) < 4.78 is 72.0. The molecule has 2 N–H and O–H groups in total. The predicted octanol–water partition coefficient (Wildman–Crippen LogP) is 10.7. The number of nitrogens with zero attached hydrogens (tertiary/aromatic N) is 2. The molecule has 0 aliphatic heterocycles. The van der Waals surface area contributed by atoms with Gasteiger partial charge in [-0.05, 0) is 78.8 Å². The predicted molar refractivity (Wildman–Crippen MR) is 171 cm³/mol. The van der Waals surface area contributed by atoms with Crippen LogP contribution in [0.3, 0.4) is 0 Å². The van der Waals surface area contributed by atoms with Gasteiger partial charge in [-0.3, -0.25) is 5.43 Å². The van der Waals surface area contributed by atoms with E-state index < -0.39 is 24.3 Å². The Morgan fingerprint density at radius 1 is 0.977 bits per heavy atom. The van der Waals surface area contributed by atoms with E-state index in [1.165, 1.54) is 46.2 Å². The van der Waals surface area contributed by atoms with Crippen molar-refractivity contribution in [2.24, 2.45) is 5.10 Å². The van der Waals surface area contributed by atoms with Crippen LogP contribution in [0.5, 0.6) is 0 Å². The van der Waals surface area contributed by atoms with Crippen LogP contribution in [0.15, 0.2) is 103 Å². The molecule has 3 aromatic rings. The van der Waals surface area contributed by atoms with Crippen LogP contribution in [0.1, 0.15) is 63.8 Å². The third-order valence-corrected chi connectivity index (χ3v) is 6.91. The van der Waals surface area contributed by atoms with E-state index in [2.05, 4.69) is 84.1 Å². The summed E-state index contributed by atoms with van der Waals surface area (Å²) in [7, 11) is 0. The highest BCUT2D eigenvalue weighted by atomic mass is 19.4. The molecule has 0 spiro atoms. The van der Waals surface area contributed by atoms with Crippen molar-refractivity contribution in [2.45, 2.75) is 58.8 Å². The molecule has 0 bridgehead atoms. The van der Waals surface area contributed by atoms with Crippen molar-refractivity contribution >= 4 is 23.2 Å². The molecule has 0 unspecified atom stereocenters. The molecule has 0 aromatic heterocycles. The van der Waals surface area contributed by atoms with E-state index in [0.717, 1.165) is 43.5 Å². The lowest BCUT2D eigenvalue weighted by Crippen LogP contribution is -2.20. The molecule has 0 amide bonds. The lowest BCUT2D eigenvalue weighted by atomic mass is 9.85. The fourth-order valence-corrected chi connectivity index (χ4v) is 4.71. The fraction of sp³-hybridized carbons (Fsp3) is 0.265. The molecule has 0 saturated heterocycles. The Balaban J connectivity index is 0.00000121. The molecular formula is C34H40F6N4. The second-order valence-corrected chi connectivity index (χ2v) is 10.1. The Hall–Kier alpha value is -4.47. The van der Waals surface area contributed by atoms with Crippen molar-refractivity contribution in [1.82, 2.24) is 5.43 Å². The zero-order chi connectivity index (χ0) is 32.5. The van der Waals surface area contributed by atoms with Crippen LogP contribution in [-0.4, -0.2) is 12.4 Å². The van der Waals surface area contributed by atoms with Gasteiger partial charge >= 0.3 is 12.4 Å². The number of hydrogen-bond donors (Lipinski definition) is 2. The van der Waals surface area contributed by atoms with Gasteiger partial charge in [-0.15, -0.1) is 0 Å². The SMILES string of the molecule is C=CN(C1=C(CC)c2ccc(/C=N/NC(=C)Nc3ccccc3C(F)(F)F)cc2CC1)c1ccc(C)cc1.CCC(F)(F)F.[HH].[HH]. The van der Waals surface area contributed by atoms with Crippen molar-refractivity contribution in [2.75, 3.05) is 10.2 Å². The highest BCUT2D eigenvalue weighted by molar-refractivity contribution is 5.83. The maximum Gasteiger partial charge on any atom is 0.418 e. The van der Waals surface area contributed by atoms with Crippen molar-refractivity contribution in [3.8, 4) is 0 Å². The van der Waals surface area contributed by atoms with Gasteiger partial charge in [-0.2, -0.15) is 31.4 Å². The zero-order valence-electron chi connectivity index (χ0n) is 24.9. The Labute approximate surface area is 257 Å². The van der Waals surface area contributed by atoms with Crippen molar-refractivity contribution in [3.63, 3.8) is 0 Å². The minimum absolute atomic E-state index is 0. The minimum Gasteiger partial charge on any atom is -0.341 e. The zero-order valence-corrected chi connectivity index (χ0v) is 24.9. The number of rotatable bonds is 9. The van der Waals surface area contributed by atoms with Gasteiger partial charge in [0.1, 0.15) is 5.82 Å². The Kier molecular flexibility index (Phi) is 11.5. The topological polar surface area (TPSA) is 39.7 Å². The molecule has 3 aromatic carbocycles. The quantitative estimate of drug-likeness (QED) is 0.142. The molecule has 44 heavy (non-hydrogen) atoms. The molecule has 238 valence electrons. The first-order valence-corrected chi connectivity index (χ1v) is 14.1. The smallest absolute Gasteiger partial charge is 0.341 e. The Bertz CT molecular complexity index is 1510. The maximum atomic E-state index is 13.2. The monoisotopic (exact) mass is 618 g/mol. The van der Waals surface area contributed by atoms with Crippen LogP contribution in [0.25, 0.3) is 5.57 Å². The standard InChI is InChI=1S/C31H31F3N4.C3H5F3.2H2/c1-5-26-27-17-13-23(20-35-37-22(4)36-29-10-8-7-9-28(29)31(32,33)34)19-24(27)14-18-30(26)38(6-2)25-15-11-21(3)12-16-25;1-2-3(4,5)6;;/h6-13,15-17,19-20,36-37H,2,4-5,14,18H2,1,3H3;2H2,1H3;2*1H/b35-20+;;;. The molecule has 0 heterocycles. The van der Waals surface area contributed by atoms with Crippen molar-refractivity contribution in [3.05, 3.63) is 125 Å². The third-order valence-electron chi connectivity index (χ3n) is 6.91. The van der Waals surface area contributed by atoms with Crippen LogP contribution >= 0.6 is 0 Å². The normalized spacial score (nSPS) is 13.1. The molecular weight excluding hydrogens is 578 g/mol. The molecule has 0 radical (unpaired) electrons. The number of halogens is 6. The second kappa shape index (κ2) is 14.8. The number of alkyl halides is 6. The molecule has 0 atom stereocenters. The summed E-state index contributed by atoms with van der Waals surface area (Å²) in [5, 5.41) is 6.81. The first-order valence-electron chi connectivity index (χ1n) is 14.1.